The quantitative estimate of drug-likeness (QED) is 0.839. The predicted molar refractivity (Wildman–Crippen MR) is 96.0 cm³/mol. The molecule has 26 heavy (non-hydrogen) atoms. The fraction of sp³-hybridized carbons (Fsp3) is 0.579. The smallest absolute Gasteiger partial charge is 0.254 e. The maximum atomic E-state index is 13.2. The minimum Gasteiger partial charge on any atom is -0.367 e. The monoisotopic (exact) mass is 356 g/mol. The van der Waals surface area contributed by atoms with Crippen LogP contribution in [0.4, 0.5) is 0 Å². The summed E-state index contributed by atoms with van der Waals surface area (Å²) >= 11 is 0. The average molecular weight is 356 g/mol. The summed E-state index contributed by atoms with van der Waals surface area (Å²) in [6.45, 7) is 7.17. The molecule has 1 amide bonds. The number of ether oxygens (including phenoxy) is 1. The summed E-state index contributed by atoms with van der Waals surface area (Å²) in [5, 5.41) is 5.16. The van der Waals surface area contributed by atoms with Gasteiger partial charge in [0.15, 0.2) is 11.4 Å². The van der Waals surface area contributed by atoms with Gasteiger partial charge in [0.1, 0.15) is 6.10 Å². The molecule has 2 aromatic heterocycles. The van der Waals surface area contributed by atoms with Crippen molar-refractivity contribution in [1.29, 1.82) is 0 Å². The molecule has 1 saturated carbocycles. The van der Waals surface area contributed by atoms with E-state index < -0.39 is 6.10 Å². The molecular formula is C19H24N4O3. The van der Waals surface area contributed by atoms with Gasteiger partial charge in [0.2, 0.25) is 0 Å². The largest absolute Gasteiger partial charge is 0.367 e. The number of hydrogen-bond donors (Lipinski definition) is 0. The van der Waals surface area contributed by atoms with Crippen LogP contribution in [-0.2, 0) is 9.53 Å². The minimum atomic E-state index is -0.489. The first kappa shape index (κ1) is 17.1. The first-order valence-corrected chi connectivity index (χ1v) is 9.25. The summed E-state index contributed by atoms with van der Waals surface area (Å²) in [6.07, 6.45) is 3.12. The number of morpholine rings is 1. The molecule has 0 aromatic carbocycles. The lowest BCUT2D eigenvalue weighted by Crippen LogP contribution is -2.49. The van der Waals surface area contributed by atoms with E-state index in [4.69, 9.17) is 4.74 Å². The number of carbonyl (C=O) groups is 2. The molecule has 3 heterocycles. The molecule has 2 fully saturated rings. The second kappa shape index (κ2) is 6.46. The van der Waals surface area contributed by atoms with Crippen LogP contribution in [0.15, 0.2) is 12.3 Å². The van der Waals surface area contributed by atoms with Crippen LogP contribution in [0, 0.1) is 12.8 Å². The van der Waals surface area contributed by atoms with Gasteiger partial charge in [-0.05, 0) is 39.7 Å². The Hall–Kier alpha value is -2.28. The number of Topliss-reactive ketones (excluding diaryl/α,β-unsaturated/α-hetero) is 1. The number of aromatic nitrogens is 3. The Kier molecular flexibility index (Phi) is 4.26. The van der Waals surface area contributed by atoms with Gasteiger partial charge in [0, 0.05) is 24.2 Å². The number of nitrogens with zero attached hydrogens (tertiary/aromatic N) is 4. The predicted octanol–water partition coefficient (Wildman–Crippen LogP) is 2.14. The van der Waals surface area contributed by atoms with Gasteiger partial charge in [0.25, 0.3) is 5.91 Å². The van der Waals surface area contributed by atoms with E-state index in [1.165, 1.54) is 0 Å². The molecule has 1 unspecified atom stereocenters. The Morgan fingerprint density at radius 2 is 2.08 bits per heavy atom. The van der Waals surface area contributed by atoms with E-state index in [0.717, 1.165) is 29.6 Å². The summed E-state index contributed by atoms with van der Waals surface area (Å²) in [5.74, 6) is 0.195. The Bertz CT molecular complexity index is 869. The third kappa shape index (κ3) is 3.00. The van der Waals surface area contributed by atoms with Crippen LogP contribution in [0.5, 0.6) is 0 Å². The summed E-state index contributed by atoms with van der Waals surface area (Å²) < 4.78 is 7.46. The maximum Gasteiger partial charge on any atom is 0.254 e. The van der Waals surface area contributed by atoms with Gasteiger partial charge in [-0.2, -0.15) is 5.10 Å². The third-order valence-corrected chi connectivity index (χ3v) is 5.07. The molecule has 1 aliphatic heterocycles. The highest BCUT2D eigenvalue weighted by Gasteiger charge is 2.38. The van der Waals surface area contributed by atoms with Crippen molar-refractivity contribution in [3.8, 4) is 0 Å². The molecule has 1 atom stereocenters. The van der Waals surface area contributed by atoms with Gasteiger partial charge in [0.05, 0.1) is 30.3 Å². The number of aryl methyl sites for hydroxylation is 1. The average Bonchev–Trinajstić information content (AvgIpc) is 3.39. The topological polar surface area (TPSA) is 77.3 Å². The molecule has 0 spiro atoms. The van der Waals surface area contributed by atoms with Crippen molar-refractivity contribution in [2.24, 2.45) is 5.92 Å². The standard InChI is InChI=1S/C19H24N4O3/c1-11(2)23-18-15(9-20-23)14(8-12(3)21-18)19(25)22-6-7-26-16(10-22)17(24)13-4-5-13/h8-9,11,13,16H,4-7,10H2,1-3H3. The van der Waals surface area contributed by atoms with E-state index in [2.05, 4.69) is 10.1 Å². The molecule has 7 nitrogen and oxygen atoms in total. The van der Waals surface area contributed by atoms with Crippen molar-refractivity contribution in [2.45, 2.75) is 45.8 Å². The summed E-state index contributed by atoms with van der Waals surface area (Å²) in [6, 6.07) is 1.97. The van der Waals surface area contributed by atoms with E-state index in [0.29, 0.717) is 25.3 Å². The van der Waals surface area contributed by atoms with Crippen molar-refractivity contribution in [1.82, 2.24) is 19.7 Å². The molecular weight excluding hydrogens is 332 g/mol. The highest BCUT2D eigenvalue weighted by molar-refractivity contribution is 6.05. The van der Waals surface area contributed by atoms with Gasteiger partial charge in [-0.15, -0.1) is 0 Å². The number of fused-ring (bicyclic) bond motifs is 1. The second-order valence-corrected chi connectivity index (χ2v) is 7.52. The molecule has 138 valence electrons. The SMILES string of the molecule is Cc1cc(C(=O)N2CCOC(C(=O)C3CC3)C2)c2cnn(C(C)C)c2n1. The van der Waals surface area contributed by atoms with Crippen LogP contribution >= 0.6 is 0 Å². The lowest BCUT2D eigenvalue weighted by Gasteiger charge is -2.32. The molecule has 7 heteroatoms. The van der Waals surface area contributed by atoms with E-state index in [1.807, 2.05) is 31.5 Å². The number of carbonyl (C=O) groups excluding carboxylic acids is 2. The van der Waals surface area contributed by atoms with Crippen LogP contribution in [0.3, 0.4) is 0 Å². The Morgan fingerprint density at radius 1 is 1.31 bits per heavy atom. The van der Waals surface area contributed by atoms with E-state index in [-0.39, 0.29) is 23.7 Å². The molecule has 0 radical (unpaired) electrons. The van der Waals surface area contributed by atoms with Gasteiger partial charge in [-0.1, -0.05) is 0 Å². The third-order valence-electron chi connectivity index (χ3n) is 5.07. The number of pyridine rings is 1. The Balaban J connectivity index is 1.64. The van der Waals surface area contributed by atoms with Crippen LogP contribution < -0.4 is 0 Å². The maximum absolute atomic E-state index is 13.2. The van der Waals surface area contributed by atoms with Crippen LogP contribution in [0.2, 0.25) is 0 Å². The van der Waals surface area contributed by atoms with Crippen molar-refractivity contribution < 1.29 is 14.3 Å². The van der Waals surface area contributed by atoms with Crippen LogP contribution in [0.1, 0.15) is 48.8 Å². The van der Waals surface area contributed by atoms with Gasteiger partial charge < -0.3 is 9.64 Å². The summed E-state index contributed by atoms with van der Waals surface area (Å²) in [5.41, 5.74) is 2.10. The van der Waals surface area contributed by atoms with Crippen molar-refractivity contribution in [3.05, 3.63) is 23.5 Å². The highest BCUT2D eigenvalue weighted by Crippen LogP contribution is 2.32. The molecule has 1 aliphatic carbocycles. The van der Waals surface area contributed by atoms with Gasteiger partial charge in [-0.25, -0.2) is 9.67 Å². The zero-order chi connectivity index (χ0) is 18.4. The zero-order valence-electron chi connectivity index (χ0n) is 15.4. The van der Waals surface area contributed by atoms with Crippen molar-refractivity contribution in [2.75, 3.05) is 19.7 Å². The second-order valence-electron chi connectivity index (χ2n) is 7.52. The Labute approximate surface area is 152 Å². The van der Waals surface area contributed by atoms with Crippen LogP contribution in [0.25, 0.3) is 11.0 Å². The first-order chi connectivity index (χ1) is 12.5. The summed E-state index contributed by atoms with van der Waals surface area (Å²) in [4.78, 5) is 31.8. The van der Waals surface area contributed by atoms with E-state index in [1.54, 1.807) is 11.1 Å². The molecule has 1 saturated heterocycles. The molecule has 4 rings (SSSR count). The van der Waals surface area contributed by atoms with Crippen LogP contribution in [-0.4, -0.2) is 57.2 Å². The van der Waals surface area contributed by atoms with Crippen molar-refractivity contribution >= 4 is 22.7 Å². The molecule has 0 N–H and O–H groups in total. The first-order valence-electron chi connectivity index (χ1n) is 9.25. The van der Waals surface area contributed by atoms with Gasteiger partial charge >= 0.3 is 0 Å². The molecule has 2 aliphatic rings. The van der Waals surface area contributed by atoms with Crippen molar-refractivity contribution in [3.63, 3.8) is 0 Å². The number of amides is 1. The number of hydrogen-bond acceptors (Lipinski definition) is 5. The Morgan fingerprint density at radius 3 is 2.77 bits per heavy atom. The fourth-order valence-electron chi connectivity index (χ4n) is 3.50. The lowest BCUT2D eigenvalue weighted by atomic mass is 10.1. The van der Waals surface area contributed by atoms with E-state index >= 15 is 0 Å². The minimum absolute atomic E-state index is 0.0827. The van der Waals surface area contributed by atoms with Gasteiger partial charge in [-0.3, -0.25) is 9.59 Å². The zero-order valence-corrected chi connectivity index (χ0v) is 15.4. The normalized spacial score (nSPS) is 20.8. The number of ketones is 1. The van der Waals surface area contributed by atoms with E-state index in [9.17, 15) is 9.59 Å². The fourth-order valence-corrected chi connectivity index (χ4v) is 3.50. The lowest BCUT2D eigenvalue weighted by molar-refractivity contribution is -0.136. The molecule has 0 bridgehead atoms. The highest BCUT2D eigenvalue weighted by atomic mass is 16.5. The molecule has 2 aromatic rings. The summed E-state index contributed by atoms with van der Waals surface area (Å²) in [7, 11) is 0. The number of rotatable bonds is 4.